The molecule has 158 valence electrons. The molecule has 2 aromatic carbocycles. The topological polar surface area (TPSA) is 48.9 Å². The van der Waals surface area contributed by atoms with Gasteiger partial charge in [-0.2, -0.15) is 0 Å². The minimum Gasteiger partial charge on any atom is -0.489 e. The van der Waals surface area contributed by atoms with Gasteiger partial charge in [0.2, 0.25) is 0 Å². The maximum atomic E-state index is 5.93. The summed E-state index contributed by atoms with van der Waals surface area (Å²) in [6.07, 6.45) is 2.24. The van der Waals surface area contributed by atoms with Gasteiger partial charge in [0.05, 0.1) is 6.54 Å². The molecule has 2 aromatic rings. The van der Waals surface area contributed by atoms with Gasteiger partial charge in [-0.05, 0) is 51.0 Å². The zero-order valence-corrected chi connectivity index (χ0v) is 19.7. The Morgan fingerprint density at radius 3 is 2.31 bits per heavy atom. The first-order valence-corrected chi connectivity index (χ1v) is 10.3. The van der Waals surface area contributed by atoms with Crippen LogP contribution in [0, 0.1) is 0 Å². The summed E-state index contributed by atoms with van der Waals surface area (Å²) in [7, 11) is 0. The molecule has 0 bridgehead atoms. The van der Waals surface area contributed by atoms with Crippen molar-refractivity contribution in [3.8, 4) is 5.75 Å². The van der Waals surface area contributed by atoms with Gasteiger partial charge in [-0.3, -0.25) is 0 Å². The first-order valence-electron chi connectivity index (χ1n) is 10.3. The fourth-order valence-corrected chi connectivity index (χ4v) is 3.42. The Morgan fingerprint density at radius 1 is 1.07 bits per heavy atom. The van der Waals surface area contributed by atoms with Crippen LogP contribution in [0.3, 0.4) is 0 Å². The van der Waals surface area contributed by atoms with Gasteiger partial charge in [0.15, 0.2) is 5.96 Å². The van der Waals surface area contributed by atoms with E-state index in [-0.39, 0.29) is 30.1 Å². The Hall–Kier alpha value is -1.96. The average Bonchev–Trinajstić information content (AvgIpc) is 2.74. The van der Waals surface area contributed by atoms with E-state index in [2.05, 4.69) is 59.7 Å². The molecule has 29 heavy (non-hydrogen) atoms. The standard InChI is InChI=1S/C23H32N4O.HI/c1-3-24-23(25-18-19(2)28-22-12-8-5-9-13-22)26-20-14-16-27(17-15-20)21-10-6-4-7-11-21;/h4-13,19-20H,3,14-18H2,1-2H3,(H2,24,25,26);1H. The number of guanidine groups is 1. The number of benzene rings is 2. The van der Waals surface area contributed by atoms with Crippen LogP contribution in [0.15, 0.2) is 65.7 Å². The Bertz CT molecular complexity index is 718. The first kappa shape index (κ1) is 23.3. The molecule has 0 aliphatic carbocycles. The van der Waals surface area contributed by atoms with Crippen LogP contribution in [0.2, 0.25) is 0 Å². The average molecular weight is 508 g/mol. The van der Waals surface area contributed by atoms with Crippen LogP contribution in [0.25, 0.3) is 0 Å². The number of rotatable bonds is 7. The molecule has 1 unspecified atom stereocenters. The highest BCUT2D eigenvalue weighted by Gasteiger charge is 2.20. The van der Waals surface area contributed by atoms with Crippen molar-refractivity contribution in [2.75, 3.05) is 31.1 Å². The van der Waals surface area contributed by atoms with Crippen LogP contribution in [0.1, 0.15) is 26.7 Å². The molecular weight excluding hydrogens is 475 g/mol. The fraction of sp³-hybridized carbons (Fsp3) is 0.435. The number of para-hydroxylation sites is 2. The van der Waals surface area contributed by atoms with Crippen LogP contribution in [0.5, 0.6) is 5.75 Å². The number of anilines is 1. The molecule has 2 N–H and O–H groups in total. The quantitative estimate of drug-likeness (QED) is 0.333. The molecule has 1 fully saturated rings. The Morgan fingerprint density at radius 2 is 1.69 bits per heavy atom. The monoisotopic (exact) mass is 508 g/mol. The second-order valence-corrected chi connectivity index (χ2v) is 7.20. The van der Waals surface area contributed by atoms with Gasteiger partial charge in [-0.1, -0.05) is 36.4 Å². The summed E-state index contributed by atoms with van der Waals surface area (Å²) in [4.78, 5) is 7.19. The number of ether oxygens (including phenoxy) is 1. The molecule has 1 aliphatic heterocycles. The lowest BCUT2D eigenvalue weighted by molar-refractivity contribution is 0.230. The zero-order chi connectivity index (χ0) is 19.6. The molecule has 1 atom stereocenters. The Balaban J connectivity index is 0.00000300. The van der Waals surface area contributed by atoms with Crippen LogP contribution < -0.4 is 20.3 Å². The van der Waals surface area contributed by atoms with Crippen molar-refractivity contribution in [3.05, 3.63) is 60.7 Å². The summed E-state index contributed by atoms with van der Waals surface area (Å²) in [6.45, 7) is 7.75. The van der Waals surface area contributed by atoms with Crippen LogP contribution >= 0.6 is 24.0 Å². The molecule has 0 spiro atoms. The SMILES string of the molecule is CCNC(=NCC(C)Oc1ccccc1)NC1CCN(c2ccccc2)CC1.I. The smallest absolute Gasteiger partial charge is 0.191 e. The highest BCUT2D eigenvalue weighted by molar-refractivity contribution is 14.0. The van der Waals surface area contributed by atoms with Gasteiger partial charge >= 0.3 is 0 Å². The van der Waals surface area contributed by atoms with E-state index in [1.807, 2.05) is 30.3 Å². The second kappa shape index (κ2) is 12.6. The molecule has 1 aliphatic rings. The van der Waals surface area contributed by atoms with E-state index in [1.54, 1.807) is 0 Å². The lowest BCUT2D eigenvalue weighted by Gasteiger charge is -2.34. The molecule has 0 radical (unpaired) electrons. The van der Waals surface area contributed by atoms with Crippen LogP contribution in [0.4, 0.5) is 5.69 Å². The van der Waals surface area contributed by atoms with Gasteiger partial charge in [0.25, 0.3) is 0 Å². The van der Waals surface area contributed by atoms with E-state index >= 15 is 0 Å². The van der Waals surface area contributed by atoms with E-state index in [9.17, 15) is 0 Å². The molecule has 6 heteroatoms. The molecule has 1 saturated heterocycles. The molecule has 0 amide bonds. The summed E-state index contributed by atoms with van der Waals surface area (Å²) < 4.78 is 5.93. The predicted octanol–water partition coefficient (Wildman–Crippen LogP) is 4.30. The highest BCUT2D eigenvalue weighted by atomic mass is 127. The third kappa shape index (κ3) is 7.76. The lowest BCUT2D eigenvalue weighted by Crippen LogP contribution is -2.49. The molecule has 5 nitrogen and oxygen atoms in total. The number of hydrogen-bond donors (Lipinski definition) is 2. The lowest BCUT2D eigenvalue weighted by atomic mass is 10.0. The third-order valence-electron chi connectivity index (χ3n) is 4.89. The zero-order valence-electron chi connectivity index (χ0n) is 17.4. The van der Waals surface area contributed by atoms with E-state index < -0.39 is 0 Å². The van der Waals surface area contributed by atoms with Gasteiger partial charge in [0, 0.05) is 31.4 Å². The number of hydrogen-bond acceptors (Lipinski definition) is 3. The van der Waals surface area contributed by atoms with Crippen molar-refractivity contribution in [3.63, 3.8) is 0 Å². The highest BCUT2D eigenvalue weighted by Crippen LogP contribution is 2.19. The summed E-state index contributed by atoms with van der Waals surface area (Å²) in [5.74, 6) is 1.76. The van der Waals surface area contributed by atoms with Crippen molar-refractivity contribution in [1.29, 1.82) is 0 Å². The number of halogens is 1. The largest absolute Gasteiger partial charge is 0.489 e. The minimum absolute atomic E-state index is 0. The maximum Gasteiger partial charge on any atom is 0.191 e. The van der Waals surface area contributed by atoms with Crippen molar-refractivity contribution >= 4 is 35.6 Å². The van der Waals surface area contributed by atoms with Crippen LogP contribution in [-0.4, -0.2) is 44.3 Å². The predicted molar refractivity (Wildman–Crippen MR) is 133 cm³/mol. The minimum atomic E-state index is 0. The van der Waals surface area contributed by atoms with E-state index in [4.69, 9.17) is 9.73 Å². The maximum absolute atomic E-state index is 5.93. The number of aliphatic imine (C=N–C) groups is 1. The van der Waals surface area contributed by atoms with Crippen molar-refractivity contribution < 1.29 is 4.74 Å². The number of piperidine rings is 1. The Labute approximate surface area is 192 Å². The normalized spacial score (nSPS) is 15.9. The number of nitrogens with one attached hydrogen (secondary N) is 2. The van der Waals surface area contributed by atoms with Crippen molar-refractivity contribution in [2.45, 2.75) is 38.8 Å². The summed E-state index contributed by atoms with van der Waals surface area (Å²) in [6, 6.07) is 21.0. The van der Waals surface area contributed by atoms with E-state index in [0.717, 1.165) is 44.2 Å². The molecule has 3 rings (SSSR count). The van der Waals surface area contributed by atoms with Gasteiger partial charge in [0.1, 0.15) is 11.9 Å². The fourth-order valence-electron chi connectivity index (χ4n) is 3.42. The summed E-state index contributed by atoms with van der Waals surface area (Å²) in [5.41, 5.74) is 1.31. The number of nitrogens with zero attached hydrogens (tertiary/aromatic N) is 2. The molecular formula is C23H33IN4O. The van der Waals surface area contributed by atoms with Crippen molar-refractivity contribution in [1.82, 2.24) is 10.6 Å². The molecule has 0 saturated carbocycles. The summed E-state index contributed by atoms with van der Waals surface area (Å²) >= 11 is 0. The van der Waals surface area contributed by atoms with E-state index in [1.165, 1.54) is 5.69 Å². The summed E-state index contributed by atoms with van der Waals surface area (Å²) in [5, 5.41) is 6.97. The van der Waals surface area contributed by atoms with Gasteiger partial charge in [-0.15, -0.1) is 24.0 Å². The van der Waals surface area contributed by atoms with Crippen LogP contribution in [-0.2, 0) is 0 Å². The van der Waals surface area contributed by atoms with E-state index in [0.29, 0.717) is 12.6 Å². The second-order valence-electron chi connectivity index (χ2n) is 7.20. The first-order chi connectivity index (χ1) is 13.7. The Kier molecular flexibility index (Phi) is 10.1. The van der Waals surface area contributed by atoms with Crippen molar-refractivity contribution in [2.24, 2.45) is 4.99 Å². The van der Waals surface area contributed by atoms with Gasteiger partial charge < -0.3 is 20.3 Å². The third-order valence-corrected chi connectivity index (χ3v) is 4.89. The van der Waals surface area contributed by atoms with Gasteiger partial charge in [-0.25, -0.2) is 4.99 Å². The molecule has 1 heterocycles. The molecule has 0 aromatic heterocycles.